The largest absolute Gasteiger partial charge is 0.316 e. The van der Waals surface area contributed by atoms with E-state index in [1.54, 1.807) is 0 Å². The van der Waals surface area contributed by atoms with Crippen molar-refractivity contribution in [2.45, 2.75) is 31.8 Å². The Morgan fingerprint density at radius 2 is 2.06 bits per heavy atom. The highest BCUT2D eigenvalue weighted by Crippen LogP contribution is 2.41. The van der Waals surface area contributed by atoms with Crippen LogP contribution in [0.2, 0.25) is 0 Å². The summed E-state index contributed by atoms with van der Waals surface area (Å²) in [5.41, 5.74) is 4.11. The number of benzene rings is 1. The van der Waals surface area contributed by atoms with E-state index in [1.165, 1.54) is 29.7 Å². The van der Waals surface area contributed by atoms with Gasteiger partial charge in [-0.25, -0.2) is 0 Å². The second-order valence-electron chi connectivity index (χ2n) is 5.00. The molecule has 0 amide bonds. The molecule has 1 fully saturated rings. The van der Waals surface area contributed by atoms with Gasteiger partial charge < -0.3 is 5.32 Å². The molecule has 3 heteroatoms. The number of aromatic nitrogens is 2. The van der Waals surface area contributed by atoms with Gasteiger partial charge in [0.15, 0.2) is 0 Å². The second-order valence-corrected chi connectivity index (χ2v) is 5.00. The Labute approximate surface area is 108 Å². The van der Waals surface area contributed by atoms with E-state index in [1.807, 2.05) is 13.2 Å². The fourth-order valence-corrected chi connectivity index (χ4v) is 2.47. The average molecular weight is 241 g/mol. The number of hydrogen-bond donors (Lipinski definition) is 1. The molecule has 1 saturated carbocycles. The van der Waals surface area contributed by atoms with Crippen LogP contribution in [0.1, 0.15) is 35.6 Å². The number of hydrogen-bond acceptors (Lipinski definition) is 2. The molecule has 0 aliphatic heterocycles. The van der Waals surface area contributed by atoms with Gasteiger partial charge >= 0.3 is 0 Å². The van der Waals surface area contributed by atoms with Crippen molar-refractivity contribution in [3.05, 3.63) is 53.3 Å². The van der Waals surface area contributed by atoms with Gasteiger partial charge in [0.2, 0.25) is 0 Å². The first-order valence-electron chi connectivity index (χ1n) is 6.61. The molecule has 3 nitrogen and oxygen atoms in total. The van der Waals surface area contributed by atoms with Crippen LogP contribution < -0.4 is 5.32 Å². The molecule has 0 bridgehead atoms. The van der Waals surface area contributed by atoms with Crippen LogP contribution in [0.15, 0.2) is 36.5 Å². The minimum Gasteiger partial charge on any atom is -0.316 e. The van der Waals surface area contributed by atoms with E-state index in [9.17, 15) is 0 Å². The molecular formula is C15H19N3. The van der Waals surface area contributed by atoms with Crippen molar-refractivity contribution >= 4 is 0 Å². The molecule has 0 radical (unpaired) electrons. The molecule has 1 aromatic heterocycles. The summed E-state index contributed by atoms with van der Waals surface area (Å²) in [6, 6.07) is 10.6. The second kappa shape index (κ2) is 4.94. The molecule has 94 valence electrons. The lowest BCUT2D eigenvalue weighted by Crippen LogP contribution is -2.10. The Hall–Kier alpha value is -1.61. The van der Waals surface area contributed by atoms with Gasteiger partial charge in [-0.15, -0.1) is 0 Å². The zero-order chi connectivity index (χ0) is 12.4. The molecule has 2 aromatic rings. The molecule has 1 aliphatic carbocycles. The molecule has 0 saturated heterocycles. The maximum Gasteiger partial charge on any atom is 0.0662 e. The third kappa shape index (κ3) is 2.31. The summed E-state index contributed by atoms with van der Waals surface area (Å²) >= 11 is 0. The lowest BCUT2D eigenvalue weighted by atomic mass is 10.1. The summed E-state index contributed by atoms with van der Waals surface area (Å²) in [5, 5.41) is 7.80. The Balaban J connectivity index is 1.87. The van der Waals surface area contributed by atoms with Crippen LogP contribution >= 0.6 is 0 Å². The van der Waals surface area contributed by atoms with Crippen LogP contribution in [-0.4, -0.2) is 16.8 Å². The third-order valence-electron chi connectivity index (χ3n) is 3.47. The normalized spacial score (nSPS) is 14.9. The number of rotatable bonds is 5. The molecule has 0 atom stereocenters. The highest BCUT2D eigenvalue weighted by Gasteiger charge is 2.29. The van der Waals surface area contributed by atoms with Crippen molar-refractivity contribution in [3.63, 3.8) is 0 Å². The van der Waals surface area contributed by atoms with Crippen molar-refractivity contribution in [2.75, 3.05) is 7.05 Å². The third-order valence-corrected chi connectivity index (χ3v) is 3.47. The average Bonchev–Trinajstić information content (AvgIpc) is 3.16. The van der Waals surface area contributed by atoms with Gasteiger partial charge in [-0.3, -0.25) is 4.68 Å². The van der Waals surface area contributed by atoms with Gasteiger partial charge in [0.05, 0.1) is 12.7 Å². The number of nitrogens with zero attached hydrogens (tertiary/aromatic N) is 2. The zero-order valence-electron chi connectivity index (χ0n) is 10.8. The van der Waals surface area contributed by atoms with Crippen LogP contribution in [-0.2, 0) is 13.1 Å². The van der Waals surface area contributed by atoms with Crippen molar-refractivity contribution in [3.8, 4) is 0 Å². The Bertz CT molecular complexity index is 512. The molecule has 1 aliphatic rings. The van der Waals surface area contributed by atoms with Crippen LogP contribution in [0.5, 0.6) is 0 Å². The summed E-state index contributed by atoms with van der Waals surface area (Å²) in [6.45, 7) is 1.80. The summed E-state index contributed by atoms with van der Waals surface area (Å²) in [7, 11) is 1.99. The quantitative estimate of drug-likeness (QED) is 0.871. The first-order valence-corrected chi connectivity index (χ1v) is 6.61. The van der Waals surface area contributed by atoms with E-state index < -0.39 is 0 Å². The first-order chi connectivity index (χ1) is 8.88. The molecule has 1 N–H and O–H groups in total. The van der Waals surface area contributed by atoms with E-state index in [0.717, 1.165) is 19.0 Å². The highest BCUT2D eigenvalue weighted by atomic mass is 15.3. The fraction of sp³-hybridized carbons (Fsp3) is 0.400. The molecule has 1 heterocycles. The van der Waals surface area contributed by atoms with Crippen LogP contribution in [0.25, 0.3) is 0 Å². The maximum absolute atomic E-state index is 4.57. The molecular weight excluding hydrogens is 222 g/mol. The zero-order valence-corrected chi connectivity index (χ0v) is 10.8. The minimum absolute atomic E-state index is 0.736. The Morgan fingerprint density at radius 3 is 2.72 bits per heavy atom. The lowest BCUT2D eigenvalue weighted by molar-refractivity contribution is 0.642. The van der Waals surface area contributed by atoms with Gasteiger partial charge in [0, 0.05) is 23.7 Å². The molecule has 18 heavy (non-hydrogen) atoms. The smallest absolute Gasteiger partial charge is 0.0662 e. The molecule has 0 unspecified atom stereocenters. The van der Waals surface area contributed by atoms with Crippen LogP contribution in [0.3, 0.4) is 0 Å². The predicted molar refractivity (Wildman–Crippen MR) is 72.5 cm³/mol. The van der Waals surface area contributed by atoms with Gasteiger partial charge in [-0.1, -0.05) is 30.3 Å². The monoisotopic (exact) mass is 241 g/mol. The molecule has 0 spiro atoms. The van der Waals surface area contributed by atoms with Crippen LogP contribution in [0.4, 0.5) is 0 Å². The molecule has 3 rings (SSSR count). The molecule has 1 aromatic carbocycles. The van der Waals surface area contributed by atoms with Crippen molar-refractivity contribution < 1.29 is 0 Å². The van der Waals surface area contributed by atoms with Crippen molar-refractivity contribution in [1.82, 2.24) is 15.1 Å². The van der Waals surface area contributed by atoms with E-state index in [2.05, 4.69) is 45.4 Å². The summed E-state index contributed by atoms with van der Waals surface area (Å²) in [6.07, 6.45) is 4.65. The first kappa shape index (κ1) is 11.5. The van der Waals surface area contributed by atoms with E-state index in [4.69, 9.17) is 0 Å². The summed E-state index contributed by atoms with van der Waals surface area (Å²) < 4.78 is 2.18. The lowest BCUT2D eigenvalue weighted by Gasteiger charge is -2.09. The van der Waals surface area contributed by atoms with E-state index in [-0.39, 0.29) is 0 Å². The van der Waals surface area contributed by atoms with Crippen LogP contribution in [0, 0.1) is 0 Å². The number of nitrogens with one attached hydrogen (secondary N) is 1. The maximum atomic E-state index is 4.57. The van der Waals surface area contributed by atoms with Gasteiger partial charge in [-0.05, 0) is 25.5 Å². The van der Waals surface area contributed by atoms with E-state index in [0.29, 0.717) is 0 Å². The topological polar surface area (TPSA) is 29.9 Å². The highest BCUT2D eigenvalue weighted by molar-refractivity contribution is 5.27. The van der Waals surface area contributed by atoms with Gasteiger partial charge in [-0.2, -0.15) is 5.10 Å². The Kier molecular flexibility index (Phi) is 3.15. The van der Waals surface area contributed by atoms with Gasteiger partial charge in [0.25, 0.3) is 0 Å². The SMILES string of the molecule is CNCc1cnn(Cc2ccccc2)c1C1CC1. The fourth-order valence-electron chi connectivity index (χ4n) is 2.47. The summed E-state index contributed by atoms with van der Waals surface area (Å²) in [5.74, 6) is 0.736. The van der Waals surface area contributed by atoms with E-state index >= 15 is 0 Å². The standard InChI is InChI=1S/C15H19N3/c1-16-9-14-10-17-18(15(14)13-7-8-13)11-12-5-3-2-4-6-12/h2-6,10,13,16H,7-9,11H2,1H3. The summed E-state index contributed by atoms with van der Waals surface area (Å²) in [4.78, 5) is 0. The van der Waals surface area contributed by atoms with Gasteiger partial charge in [0.1, 0.15) is 0 Å². The predicted octanol–water partition coefficient (Wildman–Crippen LogP) is 2.53. The Morgan fingerprint density at radius 1 is 1.28 bits per heavy atom. The minimum atomic E-state index is 0.736. The van der Waals surface area contributed by atoms with Crippen molar-refractivity contribution in [1.29, 1.82) is 0 Å². The van der Waals surface area contributed by atoms with Crippen molar-refractivity contribution in [2.24, 2.45) is 0 Å².